The van der Waals surface area contributed by atoms with Crippen LogP contribution in [0.4, 0.5) is 10.8 Å². The number of carbonyl (C=O) groups is 2. The van der Waals surface area contributed by atoms with E-state index >= 15 is 0 Å². The Balaban J connectivity index is 1.56. The summed E-state index contributed by atoms with van der Waals surface area (Å²) >= 11 is 1.41. The van der Waals surface area contributed by atoms with Crippen LogP contribution in [0, 0.1) is 5.41 Å². The average Bonchev–Trinajstić information content (AvgIpc) is 3.27. The smallest absolute Gasteiger partial charge is 0.324 e. The van der Waals surface area contributed by atoms with Crippen LogP contribution in [0.3, 0.4) is 0 Å². The van der Waals surface area contributed by atoms with E-state index in [9.17, 15) is 9.59 Å². The molecule has 0 aliphatic carbocycles. The highest BCUT2D eigenvalue weighted by atomic mass is 32.1. The van der Waals surface area contributed by atoms with E-state index in [4.69, 9.17) is 14.2 Å². The summed E-state index contributed by atoms with van der Waals surface area (Å²) in [6, 6.07) is 7.51. The summed E-state index contributed by atoms with van der Waals surface area (Å²) in [7, 11) is 1.61. The number of ether oxygens (including phenoxy) is 3. The van der Waals surface area contributed by atoms with Gasteiger partial charge in [0.25, 0.3) is 0 Å². The van der Waals surface area contributed by atoms with Gasteiger partial charge in [0.05, 0.1) is 12.8 Å². The molecular formula is C19H20N2O5S. The summed E-state index contributed by atoms with van der Waals surface area (Å²) in [5.74, 6) is -0.271. The number of carbonyl (C=O) groups excluding carboxylic acids is 2. The number of anilines is 2. The van der Waals surface area contributed by atoms with E-state index in [-0.39, 0.29) is 12.5 Å². The second kappa shape index (κ2) is 6.23. The van der Waals surface area contributed by atoms with Crippen molar-refractivity contribution in [1.82, 2.24) is 4.98 Å². The van der Waals surface area contributed by atoms with Gasteiger partial charge >= 0.3 is 11.9 Å². The lowest BCUT2D eigenvalue weighted by molar-refractivity contribution is -0.160. The third kappa shape index (κ3) is 2.93. The molecule has 1 aromatic heterocycles. The van der Waals surface area contributed by atoms with E-state index in [1.807, 2.05) is 29.6 Å². The van der Waals surface area contributed by atoms with E-state index in [0.29, 0.717) is 17.2 Å². The van der Waals surface area contributed by atoms with Crippen LogP contribution < -0.4 is 10.1 Å². The lowest BCUT2D eigenvalue weighted by atomic mass is 9.78. The van der Waals surface area contributed by atoms with Crippen molar-refractivity contribution in [3.63, 3.8) is 0 Å². The largest absolute Gasteiger partial charge is 0.497 e. The Bertz CT molecular complexity index is 913. The van der Waals surface area contributed by atoms with Gasteiger partial charge in [0, 0.05) is 30.0 Å². The quantitative estimate of drug-likeness (QED) is 0.635. The number of rotatable bonds is 4. The van der Waals surface area contributed by atoms with E-state index in [2.05, 4.69) is 10.3 Å². The van der Waals surface area contributed by atoms with Gasteiger partial charge in [0.15, 0.2) is 16.1 Å². The van der Waals surface area contributed by atoms with Gasteiger partial charge in [-0.05, 0) is 26.0 Å². The fourth-order valence-corrected chi connectivity index (χ4v) is 4.60. The van der Waals surface area contributed by atoms with Gasteiger partial charge in [-0.15, -0.1) is 11.3 Å². The van der Waals surface area contributed by atoms with Crippen LogP contribution in [-0.2, 0) is 24.7 Å². The zero-order valence-electron chi connectivity index (χ0n) is 15.3. The molecule has 0 bridgehead atoms. The van der Waals surface area contributed by atoms with E-state index in [1.165, 1.54) is 11.3 Å². The van der Waals surface area contributed by atoms with Crippen LogP contribution in [0.2, 0.25) is 0 Å². The molecule has 27 heavy (non-hydrogen) atoms. The van der Waals surface area contributed by atoms with Crippen molar-refractivity contribution in [2.45, 2.75) is 38.4 Å². The van der Waals surface area contributed by atoms with Crippen molar-refractivity contribution in [3.8, 4) is 5.75 Å². The first-order valence-electron chi connectivity index (χ1n) is 8.66. The number of cyclic esters (lactones) is 2. The number of hydrogen-bond acceptors (Lipinski definition) is 8. The third-order valence-corrected chi connectivity index (χ3v) is 5.81. The second-order valence-corrected chi connectivity index (χ2v) is 8.05. The summed E-state index contributed by atoms with van der Waals surface area (Å²) < 4.78 is 16.1. The van der Waals surface area contributed by atoms with Crippen LogP contribution in [0.25, 0.3) is 0 Å². The summed E-state index contributed by atoms with van der Waals surface area (Å²) in [6.07, 6.45) is 0.303. The highest BCUT2D eigenvalue weighted by Gasteiger charge is 2.65. The minimum absolute atomic E-state index is 0.240. The van der Waals surface area contributed by atoms with E-state index in [0.717, 1.165) is 11.4 Å². The van der Waals surface area contributed by atoms with Crippen molar-refractivity contribution >= 4 is 34.1 Å². The van der Waals surface area contributed by atoms with Crippen molar-refractivity contribution < 1.29 is 23.8 Å². The molecule has 2 fully saturated rings. The molecule has 2 saturated heterocycles. The Morgan fingerprint density at radius 3 is 2.85 bits per heavy atom. The number of aromatic nitrogens is 1. The number of thiazole rings is 1. The fraction of sp³-hybridized carbons (Fsp3) is 0.421. The highest BCUT2D eigenvalue weighted by Crippen LogP contribution is 2.52. The Hall–Kier alpha value is -2.61. The van der Waals surface area contributed by atoms with Crippen molar-refractivity contribution in [3.05, 3.63) is 35.3 Å². The van der Waals surface area contributed by atoms with Crippen molar-refractivity contribution in [2.24, 2.45) is 5.41 Å². The third-order valence-electron chi connectivity index (χ3n) is 5.05. The molecular weight excluding hydrogens is 368 g/mol. The molecule has 0 radical (unpaired) electrons. The molecule has 7 nitrogen and oxygen atoms in total. The number of nitrogens with zero attached hydrogens (tertiary/aromatic N) is 1. The fourth-order valence-electron chi connectivity index (χ4n) is 3.75. The Labute approximate surface area is 160 Å². The van der Waals surface area contributed by atoms with Crippen molar-refractivity contribution in [2.75, 3.05) is 12.4 Å². The lowest BCUT2D eigenvalue weighted by Gasteiger charge is -2.20. The maximum absolute atomic E-state index is 12.5. The van der Waals surface area contributed by atoms with Crippen LogP contribution in [-0.4, -0.2) is 30.1 Å². The van der Waals surface area contributed by atoms with Gasteiger partial charge in [0.2, 0.25) is 0 Å². The van der Waals surface area contributed by atoms with Gasteiger partial charge in [0.1, 0.15) is 11.9 Å². The minimum atomic E-state index is -1.21. The number of benzene rings is 1. The molecule has 1 spiro atoms. The van der Waals surface area contributed by atoms with Gasteiger partial charge in [-0.25, -0.2) is 4.98 Å². The summed E-state index contributed by atoms with van der Waals surface area (Å²) in [5, 5.41) is 5.73. The lowest BCUT2D eigenvalue weighted by Crippen LogP contribution is -2.31. The highest BCUT2D eigenvalue weighted by molar-refractivity contribution is 7.13. The number of nitrogens with one attached hydrogen (secondary N) is 1. The first-order valence-corrected chi connectivity index (χ1v) is 9.54. The molecule has 0 saturated carbocycles. The summed E-state index contributed by atoms with van der Waals surface area (Å²) in [6.45, 7) is 3.58. The molecule has 1 aromatic carbocycles. The van der Waals surface area contributed by atoms with Crippen LogP contribution in [0.15, 0.2) is 29.6 Å². The van der Waals surface area contributed by atoms with Crippen LogP contribution in [0.5, 0.6) is 5.75 Å². The monoisotopic (exact) mass is 388 g/mol. The molecule has 142 valence electrons. The summed E-state index contributed by atoms with van der Waals surface area (Å²) in [4.78, 5) is 29.4. The van der Waals surface area contributed by atoms with Gasteiger partial charge < -0.3 is 19.5 Å². The average molecular weight is 388 g/mol. The first-order chi connectivity index (χ1) is 12.8. The van der Waals surface area contributed by atoms with E-state index in [1.54, 1.807) is 21.0 Å². The molecule has 4 rings (SSSR count). The van der Waals surface area contributed by atoms with Gasteiger partial charge in [-0.2, -0.15) is 0 Å². The SMILES string of the molecule is COc1cccc(Nc2nc([C@]3(C)C[C@@]4(C[C@H](C)OC4=O)C(=O)O3)cs2)c1. The molecule has 1 N–H and O–H groups in total. The van der Waals surface area contributed by atoms with Crippen LogP contribution in [0.1, 0.15) is 32.4 Å². The number of methoxy groups -OCH3 is 1. The standard InChI is InChI=1S/C19H20N2O5S/c1-11-8-19(15(22)25-11)10-18(2,26-16(19)23)14-9-27-17(21-14)20-12-5-4-6-13(7-12)24-3/h4-7,9,11H,8,10H2,1-3H3,(H,20,21)/t11-,18-,19+/m0/s1. The molecule has 2 aromatic rings. The number of hydrogen-bond donors (Lipinski definition) is 1. The van der Waals surface area contributed by atoms with Crippen molar-refractivity contribution in [1.29, 1.82) is 0 Å². The Morgan fingerprint density at radius 2 is 2.15 bits per heavy atom. The molecule has 2 aliphatic heterocycles. The first kappa shape index (κ1) is 17.8. The number of esters is 2. The molecule has 3 heterocycles. The van der Waals surface area contributed by atoms with Gasteiger partial charge in [-0.3, -0.25) is 9.59 Å². The molecule has 3 atom stereocenters. The Morgan fingerprint density at radius 1 is 1.33 bits per heavy atom. The molecule has 2 aliphatic rings. The summed E-state index contributed by atoms with van der Waals surface area (Å²) in [5.41, 5.74) is -0.702. The normalized spacial score (nSPS) is 29.7. The van der Waals surface area contributed by atoms with Gasteiger partial charge in [-0.1, -0.05) is 6.07 Å². The second-order valence-electron chi connectivity index (χ2n) is 7.19. The van der Waals surface area contributed by atoms with Crippen LogP contribution >= 0.6 is 11.3 Å². The predicted molar refractivity (Wildman–Crippen MR) is 99.1 cm³/mol. The molecule has 8 heteroatoms. The van der Waals surface area contributed by atoms with E-state index < -0.39 is 23.0 Å². The maximum atomic E-state index is 12.5. The zero-order chi connectivity index (χ0) is 19.2. The minimum Gasteiger partial charge on any atom is -0.497 e. The zero-order valence-corrected chi connectivity index (χ0v) is 16.1. The topological polar surface area (TPSA) is 86.8 Å². The maximum Gasteiger partial charge on any atom is 0.324 e. The molecule has 0 amide bonds. The Kier molecular flexibility index (Phi) is 4.10. The molecule has 0 unspecified atom stereocenters. The predicted octanol–water partition coefficient (Wildman–Crippen LogP) is 3.38.